The molecule has 0 unspecified atom stereocenters. The first-order valence-electron chi connectivity index (χ1n) is 10.9. The molecule has 1 N–H and O–H groups in total. The lowest BCUT2D eigenvalue weighted by Crippen LogP contribution is -2.47. The van der Waals surface area contributed by atoms with Gasteiger partial charge in [-0.1, -0.05) is 30.3 Å². The lowest BCUT2D eigenvalue weighted by molar-refractivity contribution is 0.00990. The van der Waals surface area contributed by atoms with E-state index in [0.717, 1.165) is 63.6 Å². The zero-order valence-corrected chi connectivity index (χ0v) is 21.9. The number of benzene rings is 1. The van der Waals surface area contributed by atoms with E-state index in [9.17, 15) is 8.42 Å². The minimum Gasteiger partial charge on any atom is -0.385 e. The average molecular weight is 568 g/mol. The quantitative estimate of drug-likeness (QED) is 0.181. The Morgan fingerprint density at radius 1 is 1.16 bits per heavy atom. The van der Waals surface area contributed by atoms with E-state index in [0.29, 0.717) is 19.1 Å². The van der Waals surface area contributed by atoms with E-state index in [1.54, 1.807) is 7.11 Å². The molecule has 9 heteroatoms. The highest BCUT2D eigenvalue weighted by Crippen LogP contribution is 2.14. The van der Waals surface area contributed by atoms with Gasteiger partial charge < -0.3 is 19.7 Å². The summed E-state index contributed by atoms with van der Waals surface area (Å²) in [6, 6.07) is 9.33. The van der Waals surface area contributed by atoms with Crippen molar-refractivity contribution in [3.05, 3.63) is 35.9 Å². The third-order valence-corrected chi connectivity index (χ3v) is 6.71. The molecule has 1 saturated heterocycles. The number of ether oxygens (including phenoxy) is 2. The average Bonchev–Trinajstić information content (AvgIpc) is 2.74. The van der Waals surface area contributed by atoms with Gasteiger partial charge >= 0.3 is 0 Å². The zero-order chi connectivity index (χ0) is 21.7. The summed E-state index contributed by atoms with van der Waals surface area (Å²) in [5.74, 6) is 1.12. The monoisotopic (exact) mass is 567 g/mol. The number of rotatable bonds is 12. The van der Waals surface area contributed by atoms with Gasteiger partial charge in [-0.05, 0) is 38.2 Å². The zero-order valence-electron chi connectivity index (χ0n) is 18.8. The Labute approximate surface area is 204 Å². The summed E-state index contributed by atoms with van der Waals surface area (Å²) in [5, 5.41) is 3.33. The van der Waals surface area contributed by atoms with Gasteiger partial charge in [0.1, 0.15) is 0 Å². The largest absolute Gasteiger partial charge is 0.385 e. The summed E-state index contributed by atoms with van der Waals surface area (Å²) in [5.41, 5.74) is 0.835. The number of halogens is 1. The van der Waals surface area contributed by atoms with Gasteiger partial charge in [-0.25, -0.2) is 8.42 Å². The van der Waals surface area contributed by atoms with Crippen LogP contribution in [0.15, 0.2) is 35.3 Å². The Morgan fingerprint density at radius 2 is 1.87 bits per heavy atom. The van der Waals surface area contributed by atoms with E-state index >= 15 is 0 Å². The fourth-order valence-corrected chi connectivity index (χ4v) is 4.90. The number of hydrogen-bond acceptors (Lipinski definition) is 5. The number of hydrogen-bond donors (Lipinski definition) is 1. The van der Waals surface area contributed by atoms with Crippen LogP contribution in [0.25, 0.3) is 0 Å². The third-order valence-electron chi connectivity index (χ3n) is 5.03. The molecule has 1 heterocycles. The molecule has 0 radical (unpaired) electrons. The smallest absolute Gasteiger partial charge is 0.193 e. The molecule has 0 aliphatic carbocycles. The van der Waals surface area contributed by atoms with Gasteiger partial charge in [0, 0.05) is 46.5 Å². The number of guanidine groups is 1. The van der Waals surface area contributed by atoms with Crippen molar-refractivity contribution in [1.29, 1.82) is 0 Å². The van der Waals surface area contributed by atoms with Crippen LogP contribution < -0.4 is 5.32 Å². The first kappa shape index (κ1) is 28.1. The van der Waals surface area contributed by atoms with Crippen molar-refractivity contribution in [2.45, 2.75) is 44.5 Å². The number of piperidine rings is 1. The molecule has 1 aromatic carbocycles. The number of likely N-dealkylation sites (tertiary alicyclic amines) is 1. The van der Waals surface area contributed by atoms with Crippen LogP contribution >= 0.6 is 24.0 Å². The van der Waals surface area contributed by atoms with Gasteiger partial charge in [-0.15, -0.1) is 24.0 Å². The van der Waals surface area contributed by atoms with Crippen molar-refractivity contribution in [3.8, 4) is 0 Å². The molecule has 1 aliphatic rings. The predicted octanol–water partition coefficient (Wildman–Crippen LogP) is 3.09. The molecule has 0 spiro atoms. The van der Waals surface area contributed by atoms with Crippen LogP contribution in [-0.2, 0) is 25.1 Å². The summed E-state index contributed by atoms with van der Waals surface area (Å²) in [4.78, 5) is 6.92. The van der Waals surface area contributed by atoms with Gasteiger partial charge in [0.05, 0.1) is 17.6 Å². The molecule has 7 nitrogen and oxygen atoms in total. The van der Waals surface area contributed by atoms with Crippen molar-refractivity contribution in [1.82, 2.24) is 10.2 Å². The first-order chi connectivity index (χ1) is 14.5. The van der Waals surface area contributed by atoms with Crippen molar-refractivity contribution < 1.29 is 17.9 Å². The van der Waals surface area contributed by atoms with Gasteiger partial charge in [0.15, 0.2) is 15.8 Å². The van der Waals surface area contributed by atoms with Gasteiger partial charge in [0.25, 0.3) is 0 Å². The van der Waals surface area contributed by atoms with E-state index in [1.165, 1.54) is 0 Å². The summed E-state index contributed by atoms with van der Waals surface area (Å²) in [6.45, 7) is 6.61. The topological polar surface area (TPSA) is 80.2 Å². The van der Waals surface area contributed by atoms with Crippen LogP contribution in [0.4, 0.5) is 0 Å². The Hall–Kier alpha value is -0.910. The molecule has 178 valence electrons. The summed E-state index contributed by atoms with van der Waals surface area (Å²) < 4.78 is 35.7. The van der Waals surface area contributed by atoms with Gasteiger partial charge in [-0.3, -0.25) is 4.99 Å². The van der Waals surface area contributed by atoms with Crippen LogP contribution in [0.5, 0.6) is 0 Å². The lowest BCUT2D eigenvalue weighted by atomic mass is 10.1. The molecule has 0 atom stereocenters. The van der Waals surface area contributed by atoms with Crippen LogP contribution in [-0.4, -0.2) is 77.6 Å². The standard InChI is InChI=1S/C22H37N3O4S.HI/c1-3-23-22(25-14-11-21(12-15-25)29-17-8-16-28-2)24-13-7-18-30(26,27)19-20-9-5-4-6-10-20;/h4-6,9-10,21H,3,7-8,11-19H2,1-2H3,(H,23,24);1H. The first-order valence-corrected chi connectivity index (χ1v) is 12.7. The number of nitrogens with zero attached hydrogens (tertiary/aromatic N) is 2. The second kappa shape index (κ2) is 15.8. The van der Waals surface area contributed by atoms with E-state index in [4.69, 9.17) is 9.47 Å². The molecule has 31 heavy (non-hydrogen) atoms. The van der Waals surface area contributed by atoms with Crippen molar-refractivity contribution >= 4 is 39.8 Å². The summed E-state index contributed by atoms with van der Waals surface area (Å²) in [6.07, 6.45) is 3.70. The molecule has 0 bridgehead atoms. The molecule has 0 aromatic heterocycles. The van der Waals surface area contributed by atoms with Gasteiger partial charge in [0.2, 0.25) is 0 Å². The Bertz CT molecular complexity index is 724. The van der Waals surface area contributed by atoms with Crippen LogP contribution in [0.2, 0.25) is 0 Å². The molecular formula is C22H38IN3O4S. The molecule has 1 aliphatic heterocycles. The van der Waals surface area contributed by atoms with Crippen molar-refractivity contribution in [3.63, 3.8) is 0 Å². The molecule has 2 rings (SSSR count). The van der Waals surface area contributed by atoms with Crippen molar-refractivity contribution in [2.24, 2.45) is 4.99 Å². The molecular weight excluding hydrogens is 529 g/mol. The molecule has 1 aromatic rings. The molecule has 0 amide bonds. The maximum absolute atomic E-state index is 12.3. The number of aliphatic imine (C=N–C) groups is 1. The highest BCUT2D eigenvalue weighted by molar-refractivity contribution is 14.0. The maximum Gasteiger partial charge on any atom is 0.193 e. The second-order valence-corrected chi connectivity index (χ2v) is 9.75. The Balaban J connectivity index is 0.00000480. The number of nitrogens with one attached hydrogen (secondary N) is 1. The second-order valence-electron chi connectivity index (χ2n) is 7.57. The summed E-state index contributed by atoms with van der Waals surface area (Å²) in [7, 11) is -1.41. The van der Waals surface area contributed by atoms with E-state index < -0.39 is 9.84 Å². The third kappa shape index (κ3) is 11.5. The van der Waals surface area contributed by atoms with E-state index in [2.05, 4.69) is 15.2 Å². The highest BCUT2D eigenvalue weighted by atomic mass is 127. The Kier molecular flexibility index (Phi) is 14.4. The molecule has 1 fully saturated rings. The normalized spacial score (nSPS) is 15.5. The predicted molar refractivity (Wildman–Crippen MR) is 137 cm³/mol. The van der Waals surface area contributed by atoms with Gasteiger partial charge in [-0.2, -0.15) is 0 Å². The fraction of sp³-hybridized carbons (Fsp3) is 0.682. The fourth-order valence-electron chi connectivity index (χ4n) is 3.48. The number of methoxy groups -OCH3 is 1. The number of sulfone groups is 1. The van der Waals surface area contributed by atoms with Crippen LogP contribution in [0.3, 0.4) is 0 Å². The van der Waals surface area contributed by atoms with E-state index in [1.807, 2.05) is 37.3 Å². The van der Waals surface area contributed by atoms with E-state index in [-0.39, 0.29) is 35.5 Å². The van der Waals surface area contributed by atoms with Crippen LogP contribution in [0.1, 0.15) is 38.2 Å². The SMILES string of the molecule is CCNC(=NCCCS(=O)(=O)Cc1ccccc1)N1CCC(OCCCOC)CC1.I. The minimum atomic E-state index is -3.12. The lowest BCUT2D eigenvalue weighted by Gasteiger charge is -2.34. The van der Waals surface area contributed by atoms with Crippen molar-refractivity contribution in [2.75, 3.05) is 52.3 Å². The highest BCUT2D eigenvalue weighted by Gasteiger charge is 2.22. The summed E-state index contributed by atoms with van der Waals surface area (Å²) >= 11 is 0. The molecule has 0 saturated carbocycles. The Morgan fingerprint density at radius 3 is 2.52 bits per heavy atom. The maximum atomic E-state index is 12.3. The van der Waals surface area contributed by atoms with Crippen LogP contribution in [0, 0.1) is 0 Å². The minimum absolute atomic E-state index is 0.